The average Bonchev–Trinajstić information content (AvgIpc) is 2.70. The van der Waals surface area contributed by atoms with E-state index in [2.05, 4.69) is 52.3 Å². The monoisotopic (exact) mass is 350 g/mol. The second-order valence-corrected chi connectivity index (χ2v) is 18.8. The Morgan fingerprint density at radius 2 is 1.30 bits per heavy atom. The van der Waals surface area contributed by atoms with Crippen molar-refractivity contribution in [2.45, 2.75) is 111 Å². The van der Waals surface area contributed by atoms with Crippen molar-refractivity contribution in [2.75, 3.05) is 0 Å². The minimum absolute atomic E-state index is 1.20. The number of unbranched alkanes of at least 4 members (excludes halogenated alkanes) is 6. The van der Waals surface area contributed by atoms with Gasteiger partial charge in [0.2, 0.25) is 0 Å². The number of hydrogen-bond donors (Lipinski definition) is 0. The zero-order valence-corrected chi connectivity index (χ0v) is 19.1. The van der Waals surface area contributed by atoms with Crippen LogP contribution in [0.4, 0.5) is 0 Å². The summed E-state index contributed by atoms with van der Waals surface area (Å²) in [6.07, 6.45) is 13.9. The van der Waals surface area contributed by atoms with Crippen LogP contribution in [0.1, 0.15) is 78.1 Å². The SMILES string of the molecule is CCCCCCC1=C[Si](C)(C)C([Si](C)(C)C)=C1CCCCCC. The fourth-order valence-corrected chi connectivity index (χ4v) is 16.1. The van der Waals surface area contributed by atoms with Gasteiger partial charge >= 0.3 is 0 Å². The second kappa shape index (κ2) is 9.41. The van der Waals surface area contributed by atoms with Gasteiger partial charge in [0.05, 0.1) is 16.1 Å². The summed E-state index contributed by atoms with van der Waals surface area (Å²) >= 11 is 0. The molecule has 0 N–H and O–H groups in total. The van der Waals surface area contributed by atoms with Gasteiger partial charge in [-0.2, -0.15) is 0 Å². The smallest absolute Gasteiger partial charge is 0.0874 e. The Balaban J connectivity index is 2.90. The normalized spacial score (nSPS) is 17.8. The molecule has 1 aliphatic heterocycles. The molecule has 0 fully saturated rings. The minimum atomic E-state index is -1.29. The van der Waals surface area contributed by atoms with Crippen LogP contribution in [0.2, 0.25) is 32.7 Å². The van der Waals surface area contributed by atoms with Crippen molar-refractivity contribution in [3.63, 3.8) is 0 Å². The Morgan fingerprint density at radius 3 is 1.78 bits per heavy atom. The third kappa shape index (κ3) is 6.38. The number of rotatable bonds is 11. The van der Waals surface area contributed by atoms with Crippen molar-refractivity contribution < 1.29 is 0 Å². The quantitative estimate of drug-likeness (QED) is 0.263. The summed E-state index contributed by atoms with van der Waals surface area (Å²) in [4.78, 5) is 1.99. The predicted molar refractivity (Wildman–Crippen MR) is 113 cm³/mol. The molecular weight excluding hydrogens is 308 g/mol. The van der Waals surface area contributed by atoms with Gasteiger partial charge in [-0.3, -0.25) is 0 Å². The summed E-state index contributed by atoms with van der Waals surface area (Å²) in [5.74, 6) is 0. The van der Waals surface area contributed by atoms with E-state index >= 15 is 0 Å². The Morgan fingerprint density at radius 1 is 0.783 bits per heavy atom. The Bertz CT molecular complexity index is 422. The molecule has 0 saturated heterocycles. The van der Waals surface area contributed by atoms with E-state index in [0.717, 1.165) is 0 Å². The third-order valence-corrected chi connectivity index (χ3v) is 13.8. The summed E-state index contributed by atoms with van der Waals surface area (Å²) in [6, 6.07) is 0. The van der Waals surface area contributed by atoms with Crippen LogP contribution in [-0.2, 0) is 0 Å². The molecule has 0 bridgehead atoms. The Labute approximate surface area is 148 Å². The van der Waals surface area contributed by atoms with Crippen molar-refractivity contribution in [2.24, 2.45) is 0 Å². The van der Waals surface area contributed by atoms with Crippen LogP contribution in [0.15, 0.2) is 21.7 Å². The van der Waals surface area contributed by atoms with Gasteiger partial charge in [0, 0.05) is 0 Å². The number of allylic oxidation sites excluding steroid dienone is 2. The van der Waals surface area contributed by atoms with E-state index in [1.807, 2.05) is 10.4 Å². The molecule has 1 rings (SSSR count). The Kier molecular flexibility index (Phi) is 8.58. The first-order valence-corrected chi connectivity index (χ1v) is 16.8. The molecule has 0 nitrogen and oxygen atoms in total. The first-order valence-electron chi connectivity index (χ1n) is 10.2. The molecule has 0 aromatic rings. The fourth-order valence-electron chi connectivity index (χ4n) is 4.54. The van der Waals surface area contributed by atoms with Crippen molar-refractivity contribution >= 4 is 16.1 Å². The molecular formula is C21H42Si2. The average molecular weight is 351 g/mol. The van der Waals surface area contributed by atoms with Gasteiger partial charge < -0.3 is 0 Å². The van der Waals surface area contributed by atoms with Gasteiger partial charge in [-0.1, -0.05) is 107 Å². The highest BCUT2D eigenvalue weighted by Crippen LogP contribution is 2.42. The van der Waals surface area contributed by atoms with Crippen molar-refractivity contribution in [3.05, 3.63) is 21.7 Å². The highest BCUT2D eigenvalue weighted by atomic mass is 28.4. The third-order valence-electron chi connectivity index (χ3n) is 5.20. The van der Waals surface area contributed by atoms with Gasteiger partial charge in [-0.05, 0) is 25.7 Å². The van der Waals surface area contributed by atoms with Gasteiger partial charge in [0.1, 0.15) is 0 Å². The lowest BCUT2D eigenvalue weighted by Gasteiger charge is -2.31. The Hall–Kier alpha value is -0.0862. The summed E-state index contributed by atoms with van der Waals surface area (Å²) in [5, 5.41) is 0. The molecule has 0 radical (unpaired) electrons. The molecule has 1 aliphatic rings. The van der Waals surface area contributed by atoms with Crippen LogP contribution in [0.5, 0.6) is 0 Å². The van der Waals surface area contributed by atoms with Gasteiger partial charge in [0.25, 0.3) is 0 Å². The zero-order valence-electron chi connectivity index (χ0n) is 17.1. The van der Waals surface area contributed by atoms with Gasteiger partial charge in [-0.25, -0.2) is 0 Å². The molecule has 1 heterocycles. The maximum Gasteiger partial charge on any atom is 0.0955 e. The van der Waals surface area contributed by atoms with Crippen LogP contribution < -0.4 is 0 Å². The fraction of sp³-hybridized carbons (Fsp3) is 0.810. The molecule has 0 aliphatic carbocycles. The summed E-state index contributed by atoms with van der Waals surface area (Å²) in [5.41, 5.74) is 6.42. The van der Waals surface area contributed by atoms with E-state index in [1.165, 1.54) is 64.2 Å². The van der Waals surface area contributed by atoms with E-state index in [0.29, 0.717) is 0 Å². The molecule has 0 saturated carbocycles. The van der Waals surface area contributed by atoms with Gasteiger partial charge in [0.15, 0.2) is 0 Å². The van der Waals surface area contributed by atoms with Crippen LogP contribution in [0, 0.1) is 0 Å². The molecule has 0 aromatic heterocycles. The molecule has 0 unspecified atom stereocenters. The summed E-state index contributed by atoms with van der Waals surface area (Å²) in [6.45, 7) is 17.6. The molecule has 134 valence electrons. The summed E-state index contributed by atoms with van der Waals surface area (Å²) in [7, 11) is -2.49. The van der Waals surface area contributed by atoms with Gasteiger partial charge in [-0.15, -0.1) is 0 Å². The lowest BCUT2D eigenvalue weighted by Crippen LogP contribution is -2.40. The lowest BCUT2D eigenvalue weighted by atomic mass is 9.97. The second-order valence-electron chi connectivity index (χ2n) is 9.12. The molecule has 0 atom stereocenters. The van der Waals surface area contributed by atoms with E-state index in [1.54, 1.807) is 5.57 Å². The molecule has 0 spiro atoms. The van der Waals surface area contributed by atoms with Crippen molar-refractivity contribution in [1.29, 1.82) is 0 Å². The molecule has 0 aromatic carbocycles. The van der Waals surface area contributed by atoms with E-state index < -0.39 is 16.1 Å². The maximum absolute atomic E-state index is 2.78. The first-order chi connectivity index (χ1) is 10.7. The molecule has 0 amide bonds. The maximum atomic E-state index is 2.78. The van der Waals surface area contributed by atoms with E-state index in [-0.39, 0.29) is 0 Å². The lowest BCUT2D eigenvalue weighted by molar-refractivity contribution is 0.649. The van der Waals surface area contributed by atoms with Crippen LogP contribution >= 0.6 is 0 Å². The van der Waals surface area contributed by atoms with Crippen LogP contribution in [0.3, 0.4) is 0 Å². The first kappa shape index (κ1) is 21.0. The topological polar surface area (TPSA) is 0 Å². The van der Waals surface area contributed by atoms with Crippen LogP contribution in [-0.4, -0.2) is 16.1 Å². The largest absolute Gasteiger partial charge is 0.0955 e. The highest BCUT2D eigenvalue weighted by molar-refractivity contribution is 7.08. The molecule has 2 heteroatoms. The van der Waals surface area contributed by atoms with E-state index in [9.17, 15) is 0 Å². The summed E-state index contributed by atoms with van der Waals surface area (Å²) < 4.78 is 0. The van der Waals surface area contributed by atoms with Crippen molar-refractivity contribution in [1.82, 2.24) is 0 Å². The number of hydrogen-bond acceptors (Lipinski definition) is 0. The molecule has 23 heavy (non-hydrogen) atoms. The van der Waals surface area contributed by atoms with Crippen LogP contribution in [0.25, 0.3) is 0 Å². The predicted octanol–water partition coefficient (Wildman–Crippen LogP) is 7.83. The standard InChI is InChI=1S/C21H42Si2/c1-8-10-12-14-16-19-18-23(6,7)21(22(3,4)5)20(19)17-15-13-11-9-2/h18H,8-17H2,1-7H3. The zero-order chi connectivity index (χ0) is 17.5. The van der Waals surface area contributed by atoms with Crippen molar-refractivity contribution in [3.8, 4) is 0 Å². The van der Waals surface area contributed by atoms with E-state index in [4.69, 9.17) is 0 Å². The highest BCUT2D eigenvalue weighted by Gasteiger charge is 2.40. The minimum Gasteiger partial charge on any atom is -0.0874 e.